The third-order valence-electron chi connectivity index (χ3n) is 2.69. The molecule has 2 atom stereocenters. The second kappa shape index (κ2) is 2.19. The van der Waals surface area contributed by atoms with Crippen molar-refractivity contribution in [1.82, 2.24) is 0 Å². The number of hydrogen-bond acceptors (Lipinski definition) is 1. The van der Waals surface area contributed by atoms with Crippen LogP contribution in [0.4, 0.5) is 0 Å². The van der Waals surface area contributed by atoms with Gasteiger partial charge in [0.05, 0.1) is 8.07 Å². The highest BCUT2D eigenvalue weighted by Crippen LogP contribution is 2.39. The summed E-state index contributed by atoms with van der Waals surface area (Å²) in [7, 11) is -1.36. The van der Waals surface area contributed by atoms with Crippen molar-refractivity contribution in [3.05, 3.63) is 23.4 Å². The SMILES string of the molecule is C[Si](C)(C)C1=CC2C=CC2C1=O. The van der Waals surface area contributed by atoms with E-state index >= 15 is 0 Å². The number of Topliss-reactive ketones (excluding diaryl/α,β-unsaturated/α-hetero) is 1. The fourth-order valence-electron chi connectivity index (χ4n) is 1.85. The van der Waals surface area contributed by atoms with Gasteiger partial charge in [-0.15, -0.1) is 0 Å². The molecule has 2 heteroatoms. The first-order valence-corrected chi connectivity index (χ1v) is 7.95. The van der Waals surface area contributed by atoms with Crippen molar-refractivity contribution >= 4 is 13.9 Å². The Labute approximate surface area is 74.2 Å². The van der Waals surface area contributed by atoms with Crippen LogP contribution in [0.2, 0.25) is 19.6 Å². The summed E-state index contributed by atoms with van der Waals surface area (Å²) in [6, 6.07) is 0. The maximum absolute atomic E-state index is 11.7. The first kappa shape index (κ1) is 7.99. The Morgan fingerprint density at radius 2 is 1.92 bits per heavy atom. The molecule has 0 fully saturated rings. The number of ketones is 1. The Bertz CT molecular complexity index is 293. The maximum Gasteiger partial charge on any atom is 0.162 e. The third kappa shape index (κ3) is 0.943. The highest BCUT2D eigenvalue weighted by Gasteiger charge is 2.41. The number of rotatable bonds is 1. The van der Waals surface area contributed by atoms with Gasteiger partial charge in [0.1, 0.15) is 0 Å². The average Bonchev–Trinajstić information content (AvgIpc) is 2.00. The lowest BCUT2D eigenvalue weighted by Crippen LogP contribution is -2.30. The Kier molecular flexibility index (Phi) is 1.46. The minimum atomic E-state index is -1.36. The molecule has 0 N–H and O–H groups in total. The molecule has 2 rings (SSSR count). The third-order valence-corrected chi connectivity index (χ3v) is 4.72. The highest BCUT2D eigenvalue weighted by molar-refractivity contribution is 6.87. The number of allylic oxidation sites excluding steroid dienone is 4. The van der Waals surface area contributed by atoms with Crippen molar-refractivity contribution < 1.29 is 4.79 Å². The minimum Gasteiger partial charge on any atom is -0.294 e. The van der Waals surface area contributed by atoms with Crippen LogP contribution in [0.15, 0.2) is 23.4 Å². The average molecular weight is 178 g/mol. The van der Waals surface area contributed by atoms with Crippen molar-refractivity contribution in [2.24, 2.45) is 11.8 Å². The van der Waals surface area contributed by atoms with Crippen molar-refractivity contribution in [2.45, 2.75) is 19.6 Å². The van der Waals surface area contributed by atoms with Crippen molar-refractivity contribution in [3.8, 4) is 0 Å². The normalized spacial score (nSPS) is 32.9. The van der Waals surface area contributed by atoms with E-state index in [0.29, 0.717) is 11.7 Å². The van der Waals surface area contributed by atoms with Crippen molar-refractivity contribution in [3.63, 3.8) is 0 Å². The second-order valence-electron chi connectivity index (χ2n) is 4.68. The number of carbonyl (C=O) groups excluding carboxylic acids is 1. The van der Waals surface area contributed by atoms with E-state index in [2.05, 4.69) is 31.8 Å². The van der Waals surface area contributed by atoms with Gasteiger partial charge in [0.25, 0.3) is 0 Å². The molecule has 0 aromatic heterocycles. The van der Waals surface area contributed by atoms with Crippen LogP contribution < -0.4 is 0 Å². The molecule has 0 aromatic carbocycles. The van der Waals surface area contributed by atoms with Gasteiger partial charge in [0, 0.05) is 11.8 Å². The maximum atomic E-state index is 11.7. The van der Waals surface area contributed by atoms with Gasteiger partial charge >= 0.3 is 0 Å². The summed E-state index contributed by atoms with van der Waals surface area (Å²) >= 11 is 0. The monoisotopic (exact) mass is 178 g/mol. The fourth-order valence-corrected chi connectivity index (χ4v) is 3.44. The molecule has 0 bridgehead atoms. The van der Waals surface area contributed by atoms with Gasteiger partial charge in [-0.1, -0.05) is 37.9 Å². The quantitative estimate of drug-likeness (QED) is 0.444. The topological polar surface area (TPSA) is 17.1 Å². The molecule has 0 amide bonds. The van der Waals surface area contributed by atoms with E-state index in [1.165, 1.54) is 0 Å². The molecular formula is C10H14OSi. The summed E-state index contributed by atoms with van der Waals surface area (Å²) in [6.07, 6.45) is 6.37. The second-order valence-corrected chi connectivity index (χ2v) is 9.72. The zero-order valence-corrected chi connectivity index (χ0v) is 8.79. The summed E-state index contributed by atoms with van der Waals surface area (Å²) < 4.78 is 0. The first-order chi connectivity index (χ1) is 5.50. The lowest BCUT2D eigenvalue weighted by atomic mass is 9.85. The van der Waals surface area contributed by atoms with E-state index in [1.54, 1.807) is 0 Å². The van der Waals surface area contributed by atoms with Gasteiger partial charge in [-0.05, 0) is 5.20 Å². The zero-order chi connectivity index (χ0) is 8.93. The smallest absolute Gasteiger partial charge is 0.162 e. The Morgan fingerprint density at radius 1 is 1.25 bits per heavy atom. The standard InChI is InChI=1S/C10H14OSi/c1-12(2,3)9-6-7-4-5-8(7)10(9)11/h4-8H,1-3H3. The number of carbonyl (C=O) groups is 1. The van der Waals surface area contributed by atoms with E-state index in [4.69, 9.17) is 0 Å². The predicted octanol–water partition coefficient (Wildman–Crippen LogP) is 2.18. The number of fused-ring (bicyclic) bond motifs is 1. The fraction of sp³-hybridized carbons (Fsp3) is 0.500. The van der Waals surface area contributed by atoms with Crippen LogP contribution >= 0.6 is 0 Å². The van der Waals surface area contributed by atoms with Crippen molar-refractivity contribution in [1.29, 1.82) is 0 Å². The van der Waals surface area contributed by atoms with Crippen LogP contribution in [0.3, 0.4) is 0 Å². The Morgan fingerprint density at radius 3 is 2.17 bits per heavy atom. The molecule has 0 spiro atoms. The molecule has 64 valence electrons. The van der Waals surface area contributed by atoms with Crippen molar-refractivity contribution in [2.75, 3.05) is 0 Å². The lowest BCUT2D eigenvalue weighted by Gasteiger charge is -2.20. The van der Waals surface area contributed by atoms with Crippen LogP contribution in [-0.2, 0) is 4.79 Å². The molecule has 12 heavy (non-hydrogen) atoms. The van der Waals surface area contributed by atoms with Crippen LogP contribution in [0.25, 0.3) is 0 Å². The molecule has 2 unspecified atom stereocenters. The molecule has 0 saturated carbocycles. The van der Waals surface area contributed by atoms with Gasteiger partial charge in [0.2, 0.25) is 0 Å². The molecule has 2 aliphatic rings. The Hall–Kier alpha value is -0.633. The van der Waals surface area contributed by atoms with E-state index in [0.717, 1.165) is 5.20 Å². The van der Waals surface area contributed by atoms with Gasteiger partial charge < -0.3 is 0 Å². The molecule has 0 radical (unpaired) electrons. The lowest BCUT2D eigenvalue weighted by molar-refractivity contribution is -0.117. The molecule has 0 aliphatic heterocycles. The van der Waals surface area contributed by atoms with E-state index in [1.807, 2.05) is 6.08 Å². The first-order valence-electron chi connectivity index (χ1n) is 4.45. The van der Waals surface area contributed by atoms with Gasteiger partial charge in [-0.25, -0.2) is 0 Å². The molecule has 0 aromatic rings. The minimum absolute atomic E-state index is 0.228. The van der Waals surface area contributed by atoms with Gasteiger partial charge in [-0.3, -0.25) is 4.79 Å². The van der Waals surface area contributed by atoms with Crippen LogP contribution in [-0.4, -0.2) is 13.9 Å². The van der Waals surface area contributed by atoms with Gasteiger partial charge in [-0.2, -0.15) is 0 Å². The predicted molar refractivity (Wildman–Crippen MR) is 52.6 cm³/mol. The van der Waals surface area contributed by atoms with Gasteiger partial charge in [0.15, 0.2) is 5.78 Å². The Balaban J connectivity index is 2.31. The molecule has 0 heterocycles. The largest absolute Gasteiger partial charge is 0.294 e. The highest BCUT2D eigenvalue weighted by atomic mass is 28.3. The summed E-state index contributed by atoms with van der Waals surface area (Å²) in [6.45, 7) is 6.71. The summed E-state index contributed by atoms with van der Waals surface area (Å²) in [5, 5.41) is 1.16. The van der Waals surface area contributed by atoms with Crippen LogP contribution in [0, 0.1) is 11.8 Å². The summed E-state index contributed by atoms with van der Waals surface area (Å²) in [4.78, 5) is 11.7. The molecule has 1 nitrogen and oxygen atoms in total. The summed E-state index contributed by atoms with van der Waals surface area (Å²) in [5.74, 6) is 1.09. The van der Waals surface area contributed by atoms with Crippen LogP contribution in [0.5, 0.6) is 0 Å². The number of hydrogen-bond donors (Lipinski definition) is 0. The molecule has 0 saturated heterocycles. The van der Waals surface area contributed by atoms with Crippen LogP contribution in [0.1, 0.15) is 0 Å². The molecule has 2 aliphatic carbocycles. The van der Waals surface area contributed by atoms with E-state index < -0.39 is 8.07 Å². The van der Waals surface area contributed by atoms with E-state index in [9.17, 15) is 4.79 Å². The summed E-state index contributed by atoms with van der Waals surface area (Å²) in [5.41, 5.74) is 0. The van der Waals surface area contributed by atoms with E-state index in [-0.39, 0.29) is 5.92 Å². The zero-order valence-electron chi connectivity index (χ0n) is 7.79. The molecular weight excluding hydrogens is 164 g/mol.